The monoisotopic (exact) mass is 336 g/mol. The van der Waals surface area contributed by atoms with E-state index in [0.717, 1.165) is 12.8 Å². The van der Waals surface area contributed by atoms with Crippen molar-refractivity contribution < 1.29 is 29.5 Å². The fourth-order valence-electron chi connectivity index (χ4n) is 1.02. The van der Waals surface area contributed by atoms with Crippen LogP contribution in [0.3, 0.4) is 0 Å². The molecule has 0 bridgehead atoms. The molecule has 0 aromatic rings. The van der Waals surface area contributed by atoms with Crippen LogP contribution in [0.2, 0.25) is 0 Å². The summed E-state index contributed by atoms with van der Waals surface area (Å²) in [5.74, 6) is -0.814. The second-order valence-electron chi connectivity index (χ2n) is 7.41. The highest BCUT2D eigenvalue weighted by Crippen LogP contribution is 2.11. The number of carboxylic acid groups (broad SMARTS) is 1. The van der Waals surface area contributed by atoms with Crippen molar-refractivity contribution in [2.75, 3.05) is 6.61 Å². The van der Waals surface area contributed by atoms with Gasteiger partial charge in [0, 0.05) is 6.42 Å². The Kier molecular flexibility index (Phi) is 13.6. The van der Waals surface area contributed by atoms with Crippen LogP contribution in [0.25, 0.3) is 0 Å². The van der Waals surface area contributed by atoms with Crippen molar-refractivity contribution in [2.45, 2.75) is 98.4 Å². The minimum Gasteiger partial charge on any atom is -0.481 e. The van der Waals surface area contributed by atoms with Gasteiger partial charge in [-0.05, 0) is 61.3 Å². The molecule has 0 radical (unpaired) electrons. The molecule has 0 rings (SSSR count). The topological polar surface area (TPSA) is 74.2 Å². The summed E-state index contributed by atoms with van der Waals surface area (Å²) >= 11 is 0. The molecule has 0 aliphatic rings. The summed E-state index contributed by atoms with van der Waals surface area (Å²) in [7, 11) is 0. The first-order chi connectivity index (χ1) is 10.4. The fraction of sp³-hybridized carbons (Fsp3) is 0.941. The number of carboxylic acids is 1. The Bertz CT molecular complexity index is 290. The van der Waals surface area contributed by atoms with Gasteiger partial charge in [-0.25, -0.2) is 19.6 Å². The Hall–Kier alpha value is -0.690. The molecule has 1 atom stereocenters. The zero-order chi connectivity index (χ0) is 18.5. The molecular weight excluding hydrogens is 300 g/mol. The number of carbonyl (C=O) groups is 1. The minimum atomic E-state index is -0.814. The number of hydrogen-bond acceptors (Lipinski definition) is 5. The third-order valence-corrected chi connectivity index (χ3v) is 2.12. The van der Waals surface area contributed by atoms with Gasteiger partial charge in [-0.3, -0.25) is 4.79 Å². The van der Waals surface area contributed by atoms with E-state index in [1.54, 1.807) is 6.92 Å². The minimum absolute atomic E-state index is 0.106. The maximum Gasteiger partial charge on any atom is 0.303 e. The normalized spacial score (nSPS) is 13.2. The summed E-state index contributed by atoms with van der Waals surface area (Å²) < 4.78 is 0. The summed E-state index contributed by atoms with van der Waals surface area (Å²) in [6.07, 6.45) is 2.60. The Labute approximate surface area is 141 Å². The van der Waals surface area contributed by atoms with Crippen LogP contribution in [-0.2, 0) is 24.3 Å². The second-order valence-corrected chi connectivity index (χ2v) is 7.41. The van der Waals surface area contributed by atoms with Crippen LogP contribution in [-0.4, -0.2) is 35.0 Å². The van der Waals surface area contributed by atoms with E-state index in [2.05, 4.69) is 6.92 Å². The van der Waals surface area contributed by atoms with E-state index in [4.69, 9.17) is 24.7 Å². The van der Waals surface area contributed by atoms with Crippen molar-refractivity contribution in [3.8, 4) is 0 Å². The van der Waals surface area contributed by atoms with Crippen molar-refractivity contribution in [3.05, 3.63) is 0 Å². The van der Waals surface area contributed by atoms with Gasteiger partial charge in [-0.15, -0.1) is 0 Å². The molecule has 0 aliphatic carbocycles. The average Bonchev–Trinajstić information content (AvgIpc) is 2.38. The first-order valence-corrected chi connectivity index (χ1v) is 8.24. The molecule has 23 heavy (non-hydrogen) atoms. The highest BCUT2D eigenvalue weighted by atomic mass is 17.2. The maximum atomic E-state index is 10.2. The predicted molar refractivity (Wildman–Crippen MR) is 90.0 cm³/mol. The zero-order valence-electron chi connectivity index (χ0n) is 16.1. The van der Waals surface area contributed by atoms with E-state index in [-0.39, 0.29) is 23.7 Å². The van der Waals surface area contributed by atoms with Gasteiger partial charge in [0.15, 0.2) is 0 Å². The van der Waals surface area contributed by atoms with Crippen molar-refractivity contribution >= 4 is 5.97 Å². The van der Waals surface area contributed by atoms with Gasteiger partial charge in [-0.2, -0.15) is 0 Å². The fourth-order valence-corrected chi connectivity index (χ4v) is 1.02. The highest BCUT2D eigenvalue weighted by Gasteiger charge is 2.14. The lowest BCUT2D eigenvalue weighted by molar-refractivity contribution is -0.370. The van der Waals surface area contributed by atoms with E-state index in [9.17, 15) is 4.79 Å². The SMILES string of the molecule is CC(CCC(=O)O)OOC(C)(C)C.CCCCOOC(C)(C)C. The van der Waals surface area contributed by atoms with E-state index < -0.39 is 5.97 Å². The van der Waals surface area contributed by atoms with E-state index in [1.807, 2.05) is 41.5 Å². The Morgan fingerprint density at radius 3 is 1.96 bits per heavy atom. The third kappa shape index (κ3) is 26.5. The second kappa shape index (κ2) is 12.7. The van der Waals surface area contributed by atoms with E-state index in [0.29, 0.717) is 13.0 Å². The lowest BCUT2D eigenvalue weighted by Crippen LogP contribution is -2.23. The number of hydrogen-bond donors (Lipinski definition) is 1. The summed E-state index contributed by atoms with van der Waals surface area (Å²) in [6.45, 7) is 16.1. The van der Waals surface area contributed by atoms with Gasteiger partial charge in [-0.1, -0.05) is 13.3 Å². The van der Waals surface area contributed by atoms with Gasteiger partial charge >= 0.3 is 5.97 Å². The maximum absolute atomic E-state index is 10.2. The lowest BCUT2D eigenvalue weighted by Gasteiger charge is -2.20. The average molecular weight is 336 g/mol. The highest BCUT2D eigenvalue weighted by molar-refractivity contribution is 5.66. The van der Waals surface area contributed by atoms with E-state index >= 15 is 0 Å². The van der Waals surface area contributed by atoms with Crippen molar-refractivity contribution in [2.24, 2.45) is 0 Å². The molecule has 1 N–H and O–H groups in total. The van der Waals surface area contributed by atoms with Crippen LogP contribution in [0.1, 0.15) is 81.1 Å². The molecule has 0 aromatic carbocycles. The van der Waals surface area contributed by atoms with Crippen LogP contribution >= 0.6 is 0 Å². The van der Waals surface area contributed by atoms with Crippen molar-refractivity contribution in [3.63, 3.8) is 0 Å². The molecule has 0 saturated heterocycles. The zero-order valence-corrected chi connectivity index (χ0v) is 16.1. The van der Waals surface area contributed by atoms with Gasteiger partial charge in [0.25, 0.3) is 0 Å². The van der Waals surface area contributed by atoms with Crippen LogP contribution in [0.4, 0.5) is 0 Å². The molecular formula is C17H36O6. The van der Waals surface area contributed by atoms with Crippen LogP contribution in [0.15, 0.2) is 0 Å². The Morgan fingerprint density at radius 1 is 1.04 bits per heavy atom. The molecule has 140 valence electrons. The number of rotatable bonds is 9. The summed E-state index contributed by atoms with van der Waals surface area (Å²) in [6, 6.07) is 0. The summed E-state index contributed by atoms with van der Waals surface area (Å²) in [4.78, 5) is 30.2. The van der Waals surface area contributed by atoms with Gasteiger partial charge in [0.2, 0.25) is 0 Å². The number of unbranched alkanes of at least 4 members (excludes halogenated alkanes) is 1. The molecule has 0 amide bonds. The quantitative estimate of drug-likeness (QED) is 0.379. The smallest absolute Gasteiger partial charge is 0.303 e. The standard InChI is InChI=1S/C9H18O4.C8H18O2/c1-7(5-6-8(10)11)12-13-9(2,3)4;1-5-6-7-9-10-8(2,3)4/h7H,5-6H2,1-4H3,(H,10,11);5-7H2,1-4H3. The first kappa shape index (κ1) is 24.6. The van der Waals surface area contributed by atoms with Gasteiger partial charge in [0.05, 0.1) is 23.9 Å². The molecule has 0 spiro atoms. The molecule has 0 heterocycles. The van der Waals surface area contributed by atoms with Crippen LogP contribution in [0, 0.1) is 0 Å². The molecule has 6 nitrogen and oxygen atoms in total. The van der Waals surface area contributed by atoms with Crippen molar-refractivity contribution in [1.82, 2.24) is 0 Å². The Balaban J connectivity index is 0. The van der Waals surface area contributed by atoms with Gasteiger partial charge in [0.1, 0.15) is 0 Å². The first-order valence-electron chi connectivity index (χ1n) is 8.24. The molecule has 1 unspecified atom stereocenters. The molecule has 0 aromatic heterocycles. The third-order valence-electron chi connectivity index (χ3n) is 2.12. The largest absolute Gasteiger partial charge is 0.481 e. The van der Waals surface area contributed by atoms with Crippen LogP contribution < -0.4 is 0 Å². The molecule has 6 heteroatoms. The Morgan fingerprint density at radius 2 is 1.57 bits per heavy atom. The van der Waals surface area contributed by atoms with Crippen molar-refractivity contribution in [1.29, 1.82) is 0 Å². The molecule has 0 saturated carbocycles. The van der Waals surface area contributed by atoms with Gasteiger partial charge < -0.3 is 5.11 Å². The van der Waals surface area contributed by atoms with Crippen LogP contribution in [0.5, 0.6) is 0 Å². The van der Waals surface area contributed by atoms with E-state index in [1.165, 1.54) is 0 Å². The molecule has 0 fully saturated rings. The summed E-state index contributed by atoms with van der Waals surface area (Å²) in [5.41, 5.74) is -0.523. The molecule has 0 aliphatic heterocycles. The predicted octanol–water partition coefficient (Wildman–Crippen LogP) is 4.52. The lowest BCUT2D eigenvalue weighted by atomic mass is 10.2. The number of aliphatic carboxylic acids is 1. The summed E-state index contributed by atoms with van der Waals surface area (Å²) in [5, 5.41) is 8.39.